The second kappa shape index (κ2) is 10.4. The summed E-state index contributed by atoms with van der Waals surface area (Å²) < 4.78 is 7.13. The lowest BCUT2D eigenvalue weighted by atomic mass is 10.0. The predicted octanol–water partition coefficient (Wildman–Crippen LogP) is 3.98. The van der Waals surface area contributed by atoms with Crippen LogP contribution < -0.4 is 10.1 Å². The average Bonchev–Trinajstić information content (AvgIpc) is 3.40. The van der Waals surface area contributed by atoms with Crippen molar-refractivity contribution in [2.45, 2.75) is 18.9 Å². The summed E-state index contributed by atoms with van der Waals surface area (Å²) in [7, 11) is 1.62. The lowest BCUT2D eigenvalue weighted by molar-refractivity contribution is 0.0699. The zero-order valence-corrected chi connectivity index (χ0v) is 20.0. The van der Waals surface area contributed by atoms with Gasteiger partial charge >= 0.3 is 0 Å². The molecule has 8 heteroatoms. The highest BCUT2D eigenvalue weighted by molar-refractivity contribution is 6.00. The number of hydrogen-bond donors (Lipinski definition) is 1. The van der Waals surface area contributed by atoms with E-state index in [-0.39, 0.29) is 17.9 Å². The van der Waals surface area contributed by atoms with Gasteiger partial charge in [-0.3, -0.25) is 14.6 Å². The summed E-state index contributed by atoms with van der Waals surface area (Å²) in [5.74, 6) is 0.481. The number of pyridine rings is 1. The van der Waals surface area contributed by atoms with Gasteiger partial charge in [0.25, 0.3) is 11.8 Å². The maximum absolute atomic E-state index is 13.7. The zero-order chi connectivity index (χ0) is 24.9. The molecule has 2 amide bonds. The summed E-state index contributed by atoms with van der Waals surface area (Å²) in [5, 5.41) is 7.84. The summed E-state index contributed by atoms with van der Waals surface area (Å²) in [6.07, 6.45) is 6.35. The molecule has 1 saturated heterocycles. The van der Waals surface area contributed by atoms with Gasteiger partial charge in [0.2, 0.25) is 0 Å². The van der Waals surface area contributed by atoms with E-state index in [1.54, 1.807) is 42.5 Å². The largest absolute Gasteiger partial charge is 0.497 e. The molecule has 0 radical (unpaired) electrons. The van der Waals surface area contributed by atoms with Gasteiger partial charge < -0.3 is 15.0 Å². The maximum atomic E-state index is 13.7. The standard InChI is InChI=1S/C28H27N5O3/c1-36-24-11-5-7-20(17-24)26-25(19-33(31-26)23-9-3-2-4-10-23)28(35)32-15-12-22(13-16-32)30-27(34)21-8-6-14-29-18-21/h2-11,14,17-19,22H,12-13,15-16H2,1H3,(H,30,34). The van der Waals surface area contributed by atoms with Gasteiger partial charge in [-0.15, -0.1) is 0 Å². The van der Waals surface area contributed by atoms with E-state index in [0.29, 0.717) is 48.5 Å². The molecular formula is C28H27N5O3. The molecule has 2 aromatic carbocycles. The molecule has 1 N–H and O–H groups in total. The van der Waals surface area contributed by atoms with Crippen LogP contribution in [0.5, 0.6) is 5.75 Å². The number of ether oxygens (including phenoxy) is 1. The fraction of sp³-hybridized carbons (Fsp3) is 0.214. The summed E-state index contributed by atoms with van der Waals surface area (Å²) in [5.41, 5.74) is 3.36. The normalized spacial score (nSPS) is 13.9. The third-order valence-electron chi connectivity index (χ3n) is 6.35. The molecule has 36 heavy (non-hydrogen) atoms. The first-order valence-electron chi connectivity index (χ1n) is 11.9. The van der Waals surface area contributed by atoms with Crippen molar-refractivity contribution in [1.82, 2.24) is 25.0 Å². The third-order valence-corrected chi connectivity index (χ3v) is 6.35. The predicted molar refractivity (Wildman–Crippen MR) is 136 cm³/mol. The van der Waals surface area contributed by atoms with Crippen molar-refractivity contribution in [3.63, 3.8) is 0 Å². The molecule has 3 heterocycles. The number of benzene rings is 2. The molecule has 5 rings (SSSR count). The highest BCUT2D eigenvalue weighted by Crippen LogP contribution is 2.28. The van der Waals surface area contributed by atoms with Crippen LogP contribution in [0.3, 0.4) is 0 Å². The molecule has 2 aromatic heterocycles. The van der Waals surface area contributed by atoms with E-state index in [9.17, 15) is 9.59 Å². The van der Waals surface area contributed by atoms with Gasteiger partial charge in [0.1, 0.15) is 11.4 Å². The van der Waals surface area contributed by atoms with Crippen molar-refractivity contribution >= 4 is 11.8 Å². The molecule has 4 aromatic rings. The Morgan fingerprint density at radius 1 is 1.00 bits per heavy atom. The monoisotopic (exact) mass is 481 g/mol. The van der Waals surface area contributed by atoms with Crippen LogP contribution in [0.1, 0.15) is 33.6 Å². The van der Waals surface area contributed by atoms with Crippen LogP contribution in [0.2, 0.25) is 0 Å². The second-order valence-electron chi connectivity index (χ2n) is 8.69. The maximum Gasteiger partial charge on any atom is 0.257 e. The van der Waals surface area contributed by atoms with Crippen LogP contribution in [-0.2, 0) is 0 Å². The Labute approximate surface area is 209 Å². The number of para-hydroxylation sites is 1. The smallest absolute Gasteiger partial charge is 0.257 e. The summed E-state index contributed by atoms with van der Waals surface area (Å²) >= 11 is 0. The molecule has 0 atom stereocenters. The van der Waals surface area contributed by atoms with E-state index in [1.165, 1.54) is 0 Å². The fourth-order valence-corrected chi connectivity index (χ4v) is 4.39. The number of aromatic nitrogens is 3. The number of carbonyl (C=O) groups excluding carboxylic acids is 2. The van der Waals surface area contributed by atoms with Crippen molar-refractivity contribution in [2.24, 2.45) is 0 Å². The Kier molecular flexibility index (Phi) is 6.75. The number of likely N-dealkylation sites (tertiary alicyclic amines) is 1. The van der Waals surface area contributed by atoms with Crippen molar-refractivity contribution in [1.29, 1.82) is 0 Å². The number of piperidine rings is 1. The molecule has 1 aliphatic rings. The van der Waals surface area contributed by atoms with Gasteiger partial charge in [0.05, 0.1) is 23.9 Å². The summed E-state index contributed by atoms with van der Waals surface area (Å²) in [6, 6.07) is 20.8. The molecule has 8 nitrogen and oxygen atoms in total. The van der Waals surface area contributed by atoms with Crippen LogP contribution >= 0.6 is 0 Å². The topological polar surface area (TPSA) is 89.4 Å². The third kappa shape index (κ3) is 4.98. The lowest BCUT2D eigenvalue weighted by Gasteiger charge is -2.32. The minimum Gasteiger partial charge on any atom is -0.497 e. The van der Waals surface area contributed by atoms with E-state index in [4.69, 9.17) is 9.84 Å². The van der Waals surface area contributed by atoms with Crippen molar-refractivity contribution < 1.29 is 14.3 Å². The van der Waals surface area contributed by atoms with Crippen molar-refractivity contribution in [3.05, 3.63) is 96.4 Å². The van der Waals surface area contributed by atoms with Crippen molar-refractivity contribution in [3.8, 4) is 22.7 Å². The number of rotatable bonds is 6. The average molecular weight is 482 g/mol. The van der Waals surface area contributed by atoms with Crippen LogP contribution in [-0.4, -0.2) is 57.7 Å². The minimum atomic E-state index is -0.141. The van der Waals surface area contributed by atoms with Gasteiger partial charge in [0, 0.05) is 43.3 Å². The van der Waals surface area contributed by atoms with Crippen LogP contribution in [0.15, 0.2) is 85.3 Å². The first-order chi connectivity index (χ1) is 17.6. The minimum absolute atomic E-state index is 0.00616. The molecule has 0 unspecified atom stereocenters. The Morgan fingerprint density at radius 2 is 1.81 bits per heavy atom. The zero-order valence-electron chi connectivity index (χ0n) is 20.0. The number of nitrogens with one attached hydrogen (secondary N) is 1. The number of amides is 2. The quantitative estimate of drug-likeness (QED) is 0.450. The van der Waals surface area contributed by atoms with Gasteiger partial charge in [-0.1, -0.05) is 30.3 Å². The number of hydrogen-bond acceptors (Lipinski definition) is 5. The van der Waals surface area contributed by atoms with E-state index in [0.717, 1.165) is 11.3 Å². The molecule has 0 saturated carbocycles. The molecule has 182 valence electrons. The molecule has 0 spiro atoms. The van der Waals surface area contributed by atoms with Crippen LogP contribution in [0.25, 0.3) is 16.9 Å². The van der Waals surface area contributed by atoms with E-state index in [2.05, 4.69) is 10.3 Å². The number of carbonyl (C=O) groups is 2. The Morgan fingerprint density at radius 3 is 2.53 bits per heavy atom. The highest BCUT2D eigenvalue weighted by Gasteiger charge is 2.28. The van der Waals surface area contributed by atoms with Crippen molar-refractivity contribution in [2.75, 3.05) is 20.2 Å². The van der Waals surface area contributed by atoms with E-state index < -0.39 is 0 Å². The number of methoxy groups -OCH3 is 1. The molecule has 0 bridgehead atoms. The number of nitrogens with zero attached hydrogens (tertiary/aromatic N) is 4. The van der Waals surface area contributed by atoms with Gasteiger partial charge in [-0.2, -0.15) is 5.10 Å². The highest BCUT2D eigenvalue weighted by atomic mass is 16.5. The molecular weight excluding hydrogens is 454 g/mol. The van der Waals surface area contributed by atoms with E-state index in [1.807, 2.05) is 59.5 Å². The van der Waals surface area contributed by atoms with Crippen LogP contribution in [0.4, 0.5) is 0 Å². The first-order valence-corrected chi connectivity index (χ1v) is 11.9. The first kappa shape index (κ1) is 23.3. The van der Waals surface area contributed by atoms with Crippen LogP contribution in [0, 0.1) is 0 Å². The van der Waals surface area contributed by atoms with Gasteiger partial charge in [0.15, 0.2) is 0 Å². The van der Waals surface area contributed by atoms with Gasteiger partial charge in [-0.05, 0) is 49.2 Å². The second-order valence-corrected chi connectivity index (χ2v) is 8.69. The molecule has 1 fully saturated rings. The Hall–Kier alpha value is -4.46. The Bertz CT molecular complexity index is 1350. The summed E-state index contributed by atoms with van der Waals surface area (Å²) in [6.45, 7) is 1.09. The summed E-state index contributed by atoms with van der Waals surface area (Å²) in [4.78, 5) is 32.0. The Balaban J connectivity index is 1.35. The molecule has 0 aliphatic carbocycles. The SMILES string of the molecule is COc1cccc(-c2nn(-c3ccccc3)cc2C(=O)N2CCC(NC(=O)c3cccnc3)CC2)c1. The lowest BCUT2D eigenvalue weighted by Crippen LogP contribution is -2.46. The van der Waals surface area contributed by atoms with Gasteiger partial charge in [-0.25, -0.2) is 4.68 Å². The van der Waals surface area contributed by atoms with E-state index >= 15 is 0 Å². The molecule has 1 aliphatic heterocycles. The fourth-order valence-electron chi connectivity index (χ4n) is 4.39.